The number of fused-ring (bicyclic) bond motifs is 2. The average molecular weight is 246 g/mol. The SMILES string of the molecule is Cc1cc2c(c(OC3CC(O)C3)c1)C1(CC1)CO2. The van der Waals surface area contributed by atoms with E-state index in [2.05, 4.69) is 19.1 Å². The molecule has 1 aromatic carbocycles. The number of aliphatic hydroxyl groups is 1. The van der Waals surface area contributed by atoms with Crippen LogP contribution in [0.15, 0.2) is 12.1 Å². The first kappa shape index (κ1) is 10.7. The molecule has 3 heteroatoms. The molecular weight excluding hydrogens is 228 g/mol. The maximum absolute atomic E-state index is 9.35. The molecule has 4 rings (SSSR count). The van der Waals surface area contributed by atoms with Crippen molar-refractivity contribution in [3.8, 4) is 11.5 Å². The summed E-state index contributed by atoms with van der Waals surface area (Å²) < 4.78 is 11.9. The third-order valence-electron chi connectivity index (χ3n) is 4.46. The molecule has 0 radical (unpaired) electrons. The predicted molar refractivity (Wildman–Crippen MR) is 67.2 cm³/mol. The van der Waals surface area contributed by atoms with Crippen molar-refractivity contribution in [2.75, 3.05) is 6.61 Å². The van der Waals surface area contributed by atoms with Gasteiger partial charge < -0.3 is 14.6 Å². The first-order valence-electron chi connectivity index (χ1n) is 6.79. The number of rotatable bonds is 2. The van der Waals surface area contributed by atoms with Crippen LogP contribution in [0.4, 0.5) is 0 Å². The van der Waals surface area contributed by atoms with E-state index in [9.17, 15) is 5.11 Å². The van der Waals surface area contributed by atoms with Crippen LogP contribution in [-0.4, -0.2) is 23.9 Å². The van der Waals surface area contributed by atoms with E-state index in [-0.39, 0.29) is 17.6 Å². The fraction of sp³-hybridized carbons (Fsp3) is 0.600. The van der Waals surface area contributed by atoms with E-state index in [4.69, 9.17) is 9.47 Å². The fourth-order valence-corrected chi connectivity index (χ4v) is 3.10. The van der Waals surface area contributed by atoms with Crippen LogP contribution in [0, 0.1) is 6.92 Å². The van der Waals surface area contributed by atoms with Gasteiger partial charge in [-0.25, -0.2) is 0 Å². The first-order valence-corrected chi connectivity index (χ1v) is 6.79. The van der Waals surface area contributed by atoms with Crippen LogP contribution in [-0.2, 0) is 5.41 Å². The molecule has 0 bridgehead atoms. The van der Waals surface area contributed by atoms with Gasteiger partial charge in [-0.15, -0.1) is 0 Å². The number of hydrogen-bond donors (Lipinski definition) is 1. The zero-order chi connectivity index (χ0) is 12.3. The summed E-state index contributed by atoms with van der Waals surface area (Å²) in [5, 5.41) is 9.35. The Labute approximate surface area is 107 Å². The smallest absolute Gasteiger partial charge is 0.127 e. The summed E-state index contributed by atoms with van der Waals surface area (Å²) in [6, 6.07) is 4.24. The minimum atomic E-state index is -0.168. The van der Waals surface area contributed by atoms with Gasteiger partial charge in [0, 0.05) is 23.8 Å². The van der Waals surface area contributed by atoms with E-state index in [1.165, 1.54) is 24.0 Å². The Morgan fingerprint density at radius 2 is 2.11 bits per heavy atom. The predicted octanol–water partition coefficient (Wildman–Crippen LogP) is 2.32. The Morgan fingerprint density at radius 3 is 2.78 bits per heavy atom. The van der Waals surface area contributed by atoms with Crippen LogP contribution in [0.5, 0.6) is 11.5 Å². The lowest BCUT2D eigenvalue weighted by atomic mass is 9.91. The van der Waals surface area contributed by atoms with Gasteiger partial charge >= 0.3 is 0 Å². The van der Waals surface area contributed by atoms with Crippen LogP contribution in [0.2, 0.25) is 0 Å². The molecule has 0 aromatic heterocycles. The standard InChI is InChI=1S/C15H18O3/c1-9-4-12-14(15(2-3-15)8-17-12)13(5-9)18-11-6-10(16)7-11/h4-5,10-11,16H,2-3,6-8H2,1H3. The molecule has 96 valence electrons. The van der Waals surface area contributed by atoms with Gasteiger partial charge in [-0.05, 0) is 37.5 Å². The number of ether oxygens (including phenoxy) is 2. The molecule has 0 amide bonds. The van der Waals surface area contributed by atoms with Crippen molar-refractivity contribution in [1.82, 2.24) is 0 Å². The van der Waals surface area contributed by atoms with Gasteiger partial charge in [-0.1, -0.05) is 0 Å². The lowest BCUT2D eigenvalue weighted by Crippen LogP contribution is -2.37. The van der Waals surface area contributed by atoms with Gasteiger partial charge in [0.05, 0.1) is 12.7 Å². The molecule has 18 heavy (non-hydrogen) atoms. The van der Waals surface area contributed by atoms with Crippen molar-refractivity contribution in [3.63, 3.8) is 0 Å². The van der Waals surface area contributed by atoms with Gasteiger partial charge in [0.2, 0.25) is 0 Å². The normalized spacial score (nSPS) is 30.6. The molecule has 1 spiro atoms. The fourth-order valence-electron chi connectivity index (χ4n) is 3.10. The second kappa shape index (κ2) is 3.41. The molecule has 2 aliphatic carbocycles. The third-order valence-corrected chi connectivity index (χ3v) is 4.46. The van der Waals surface area contributed by atoms with Crippen molar-refractivity contribution in [3.05, 3.63) is 23.3 Å². The molecule has 1 aromatic rings. The minimum absolute atomic E-state index is 0.168. The zero-order valence-electron chi connectivity index (χ0n) is 10.6. The van der Waals surface area contributed by atoms with Crippen molar-refractivity contribution < 1.29 is 14.6 Å². The number of hydrogen-bond acceptors (Lipinski definition) is 3. The van der Waals surface area contributed by atoms with E-state index in [1.807, 2.05) is 0 Å². The highest BCUT2D eigenvalue weighted by molar-refractivity contribution is 5.57. The van der Waals surface area contributed by atoms with Crippen LogP contribution < -0.4 is 9.47 Å². The largest absolute Gasteiger partial charge is 0.492 e. The van der Waals surface area contributed by atoms with Crippen molar-refractivity contribution >= 4 is 0 Å². The quantitative estimate of drug-likeness (QED) is 0.870. The van der Waals surface area contributed by atoms with Gasteiger partial charge in [0.25, 0.3) is 0 Å². The maximum atomic E-state index is 9.35. The Kier molecular flexibility index (Phi) is 2.03. The molecule has 1 heterocycles. The highest BCUT2D eigenvalue weighted by atomic mass is 16.5. The summed E-state index contributed by atoms with van der Waals surface area (Å²) >= 11 is 0. The van der Waals surface area contributed by atoms with Crippen LogP contribution in [0.3, 0.4) is 0 Å². The van der Waals surface area contributed by atoms with Crippen molar-refractivity contribution in [2.24, 2.45) is 0 Å². The van der Waals surface area contributed by atoms with E-state index in [0.29, 0.717) is 0 Å². The molecule has 0 saturated heterocycles. The molecule has 3 nitrogen and oxygen atoms in total. The van der Waals surface area contributed by atoms with Crippen LogP contribution >= 0.6 is 0 Å². The zero-order valence-corrected chi connectivity index (χ0v) is 10.6. The Hall–Kier alpha value is -1.22. The summed E-state index contributed by atoms with van der Waals surface area (Å²) in [4.78, 5) is 0. The summed E-state index contributed by atoms with van der Waals surface area (Å²) in [5.41, 5.74) is 2.72. The van der Waals surface area contributed by atoms with Gasteiger partial charge in [0.1, 0.15) is 17.6 Å². The summed E-state index contributed by atoms with van der Waals surface area (Å²) in [5.74, 6) is 2.01. The molecule has 1 aliphatic heterocycles. The third kappa shape index (κ3) is 1.46. The molecule has 1 N–H and O–H groups in total. The first-order chi connectivity index (χ1) is 8.66. The highest BCUT2D eigenvalue weighted by Gasteiger charge is 2.53. The van der Waals surface area contributed by atoms with E-state index >= 15 is 0 Å². The van der Waals surface area contributed by atoms with Gasteiger partial charge in [-0.2, -0.15) is 0 Å². The topological polar surface area (TPSA) is 38.7 Å². The minimum Gasteiger partial charge on any atom is -0.492 e. The van der Waals surface area contributed by atoms with E-state index in [1.54, 1.807) is 0 Å². The Bertz CT molecular complexity index is 499. The average Bonchev–Trinajstić information content (AvgIpc) is 2.95. The van der Waals surface area contributed by atoms with E-state index in [0.717, 1.165) is 30.9 Å². The second-order valence-electron chi connectivity index (χ2n) is 6.07. The molecule has 0 unspecified atom stereocenters. The second-order valence-corrected chi connectivity index (χ2v) is 6.07. The molecule has 2 saturated carbocycles. The van der Waals surface area contributed by atoms with Crippen molar-refractivity contribution in [1.29, 1.82) is 0 Å². The Morgan fingerprint density at radius 1 is 1.33 bits per heavy atom. The molecule has 3 aliphatic rings. The van der Waals surface area contributed by atoms with Crippen molar-refractivity contribution in [2.45, 2.75) is 50.2 Å². The molecule has 2 fully saturated rings. The van der Waals surface area contributed by atoms with Gasteiger partial charge in [0.15, 0.2) is 0 Å². The van der Waals surface area contributed by atoms with Crippen LogP contribution in [0.25, 0.3) is 0 Å². The highest BCUT2D eigenvalue weighted by Crippen LogP contribution is 2.59. The number of benzene rings is 1. The number of aliphatic hydroxyl groups excluding tert-OH is 1. The summed E-state index contributed by atoms with van der Waals surface area (Å²) in [6.45, 7) is 2.89. The monoisotopic (exact) mass is 246 g/mol. The lowest BCUT2D eigenvalue weighted by molar-refractivity contribution is -0.0113. The Balaban J connectivity index is 1.69. The van der Waals surface area contributed by atoms with E-state index < -0.39 is 0 Å². The summed E-state index contributed by atoms with van der Waals surface area (Å²) in [6.07, 6.45) is 3.97. The summed E-state index contributed by atoms with van der Waals surface area (Å²) in [7, 11) is 0. The lowest BCUT2D eigenvalue weighted by Gasteiger charge is -2.32. The van der Waals surface area contributed by atoms with Crippen LogP contribution in [0.1, 0.15) is 36.8 Å². The maximum Gasteiger partial charge on any atom is 0.127 e. The molecular formula is C15H18O3. The molecule has 0 atom stereocenters. The van der Waals surface area contributed by atoms with Gasteiger partial charge in [-0.3, -0.25) is 0 Å². The number of aryl methyl sites for hydroxylation is 1.